The molecule has 0 unspecified atom stereocenters. The van der Waals surface area contributed by atoms with E-state index in [1.54, 1.807) is 27.7 Å². The van der Waals surface area contributed by atoms with Crippen molar-refractivity contribution in [3.8, 4) is 12.0 Å². The summed E-state index contributed by atoms with van der Waals surface area (Å²) in [6, 6.07) is 8.36. The van der Waals surface area contributed by atoms with Crippen LogP contribution < -0.4 is 5.56 Å². The van der Waals surface area contributed by atoms with E-state index in [4.69, 9.17) is 4.74 Å². The number of nitrogens with zero attached hydrogens (tertiary/aromatic N) is 2. The number of nitrogens with one attached hydrogen (secondary N) is 1. The molecule has 2 aromatic heterocycles. The third kappa shape index (κ3) is 3.96. The Hall–Kier alpha value is -3.40. The lowest BCUT2D eigenvalue weighted by Crippen LogP contribution is -2.23. The lowest BCUT2D eigenvalue weighted by molar-refractivity contribution is -0.154. The maximum atomic E-state index is 13.0. The summed E-state index contributed by atoms with van der Waals surface area (Å²) in [5.41, 5.74) is 1.24. The Balaban J connectivity index is 1.98. The molecule has 2 heterocycles. The first-order valence-electron chi connectivity index (χ1n) is 8.70. The third-order valence-electron chi connectivity index (χ3n) is 4.16. The van der Waals surface area contributed by atoms with Crippen molar-refractivity contribution >= 4 is 17.0 Å². The van der Waals surface area contributed by atoms with Gasteiger partial charge in [0.2, 0.25) is 0 Å². The van der Waals surface area contributed by atoms with Gasteiger partial charge in [0, 0.05) is 22.9 Å². The predicted molar refractivity (Wildman–Crippen MR) is 103 cm³/mol. The summed E-state index contributed by atoms with van der Waals surface area (Å²) in [6.45, 7) is 7.04. The number of aryl methyl sites for hydroxylation is 1. The summed E-state index contributed by atoms with van der Waals surface area (Å²) < 4.78 is 19.5. The predicted octanol–water partition coefficient (Wildman–Crippen LogP) is 3.12. The monoisotopic (exact) mass is 381 g/mol. The van der Waals surface area contributed by atoms with Crippen LogP contribution in [0.25, 0.3) is 11.0 Å². The van der Waals surface area contributed by atoms with E-state index in [-0.39, 0.29) is 24.0 Å². The Labute approximate surface area is 161 Å². The van der Waals surface area contributed by atoms with E-state index in [0.717, 1.165) is 4.57 Å². The SMILES string of the molecule is Cc1[nH]c2ncn(C#Cc3ccc(F)cc3)c(=O)c2c1COC(=O)C(C)(C)C. The second-order valence-corrected chi connectivity index (χ2v) is 7.44. The lowest BCUT2D eigenvalue weighted by Gasteiger charge is -2.16. The summed E-state index contributed by atoms with van der Waals surface area (Å²) in [4.78, 5) is 32.2. The van der Waals surface area contributed by atoms with E-state index in [1.165, 1.54) is 30.6 Å². The fourth-order valence-electron chi connectivity index (χ4n) is 2.53. The molecule has 6 nitrogen and oxygen atoms in total. The van der Waals surface area contributed by atoms with E-state index in [0.29, 0.717) is 27.9 Å². The maximum Gasteiger partial charge on any atom is 0.311 e. The first-order chi connectivity index (χ1) is 13.2. The summed E-state index contributed by atoms with van der Waals surface area (Å²) in [5, 5.41) is 0.329. The van der Waals surface area contributed by atoms with Crippen LogP contribution >= 0.6 is 0 Å². The van der Waals surface area contributed by atoms with Crippen molar-refractivity contribution in [2.24, 2.45) is 5.41 Å². The Bertz CT molecular complexity index is 1160. The summed E-state index contributed by atoms with van der Waals surface area (Å²) >= 11 is 0. The number of carbonyl (C=O) groups excluding carboxylic acids is 1. The van der Waals surface area contributed by atoms with Crippen LogP contribution in [0.1, 0.15) is 37.6 Å². The van der Waals surface area contributed by atoms with Crippen molar-refractivity contribution in [1.29, 1.82) is 0 Å². The Kier molecular flexibility index (Phi) is 5.06. The van der Waals surface area contributed by atoms with Crippen LogP contribution in [0.3, 0.4) is 0 Å². The quantitative estimate of drug-likeness (QED) is 0.547. The fraction of sp³-hybridized carbons (Fsp3) is 0.286. The standard InChI is InChI=1S/C21H20FN3O3/c1-13-16(11-28-20(27)21(2,3)4)17-18(24-13)23-12-25(19(17)26)10-9-14-5-7-15(22)8-6-14/h5-8,12,24H,11H2,1-4H3. The molecule has 0 spiro atoms. The molecule has 0 amide bonds. The molecule has 0 atom stereocenters. The average molecular weight is 381 g/mol. The number of hydrogen-bond acceptors (Lipinski definition) is 4. The zero-order valence-electron chi connectivity index (χ0n) is 16.1. The highest BCUT2D eigenvalue weighted by atomic mass is 19.1. The van der Waals surface area contributed by atoms with Crippen LogP contribution in [-0.4, -0.2) is 20.5 Å². The van der Waals surface area contributed by atoms with Crippen LogP contribution in [0.2, 0.25) is 0 Å². The van der Waals surface area contributed by atoms with Crippen LogP contribution in [0.4, 0.5) is 4.39 Å². The highest BCUT2D eigenvalue weighted by Gasteiger charge is 2.24. The Morgan fingerprint density at radius 1 is 1.29 bits per heavy atom. The van der Waals surface area contributed by atoms with Crippen molar-refractivity contribution in [2.45, 2.75) is 34.3 Å². The molecule has 3 aromatic rings. The summed E-state index contributed by atoms with van der Waals surface area (Å²) in [5.74, 6) is 2.08. The molecule has 0 fully saturated rings. The molecule has 0 saturated carbocycles. The number of ether oxygens (including phenoxy) is 1. The van der Waals surface area contributed by atoms with Gasteiger partial charge in [0.05, 0.1) is 10.8 Å². The van der Waals surface area contributed by atoms with E-state index in [1.807, 2.05) is 0 Å². The van der Waals surface area contributed by atoms with E-state index in [9.17, 15) is 14.0 Å². The molecular formula is C21H20FN3O3. The molecule has 1 aromatic carbocycles. The minimum absolute atomic E-state index is 0.0335. The van der Waals surface area contributed by atoms with Crippen molar-refractivity contribution in [3.05, 3.63) is 63.6 Å². The molecule has 0 aliphatic rings. The van der Waals surface area contributed by atoms with E-state index in [2.05, 4.69) is 21.9 Å². The highest BCUT2D eigenvalue weighted by molar-refractivity contribution is 5.81. The number of esters is 1. The zero-order chi connectivity index (χ0) is 20.5. The van der Waals surface area contributed by atoms with Crippen LogP contribution in [0, 0.1) is 30.1 Å². The van der Waals surface area contributed by atoms with Crippen molar-refractivity contribution in [3.63, 3.8) is 0 Å². The molecule has 0 bridgehead atoms. The number of fused-ring (bicyclic) bond motifs is 1. The largest absolute Gasteiger partial charge is 0.460 e. The number of hydrogen-bond donors (Lipinski definition) is 1. The smallest absolute Gasteiger partial charge is 0.311 e. The minimum atomic E-state index is -0.640. The van der Waals surface area contributed by atoms with Gasteiger partial charge in [-0.1, -0.05) is 0 Å². The van der Waals surface area contributed by atoms with Crippen LogP contribution in [0.5, 0.6) is 0 Å². The average Bonchev–Trinajstić information content (AvgIpc) is 2.95. The van der Waals surface area contributed by atoms with Gasteiger partial charge in [-0.25, -0.2) is 13.9 Å². The summed E-state index contributed by atoms with van der Waals surface area (Å²) in [6.07, 6.45) is 1.32. The number of aromatic nitrogens is 3. The molecule has 0 aliphatic carbocycles. The first-order valence-corrected chi connectivity index (χ1v) is 8.70. The van der Waals surface area contributed by atoms with Crippen molar-refractivity contribution < 1.29 is 13.9 Å². The van der Waals surface area contributed by atoms with Crippen LogP contribution in [-0.2, 0) is 16.1 Å². The number of rotatable bonds is 2. The first kappa shape index (κ1) is 19.4. The molecule has 3 rings (SSSR count). The van der Waals surface area contributed by atoms with Gasteiger partial charge in [0.15, 0.2) is 0 Å². The second-order valence-electron chi connectivity index (χ2n) is 7.44. The number of halogens is 1. The molecule has 0 saturated heterocycles. The van der Waals surface area contributed by atoms with Gasteiger partial charge in [-0.05, 0) is 57.9 Å². The number of H-pyrrole nitrogens is 1. The van der Waals surface area contributed by atoms with Gasteiger partial charge >= 0.3 is 5.97 Å². The van der Waals surface area contributed by atoms with E-state index >= 15 is 0 Å². The molecular weight excluding hydrogens is 361 g/mol. The number of aromatic amines is 1. The molecule has 144 valence electrons. The molecule has 0 radical (unpaired) electrons. The zero-order valence-corrected chi connectivity index (χ0v) is 16.1. The number of carbonyl (C=O) groups is 1. The van der Waals surface area contributed by atoms with Crippen molar-refractivity contribution in [1.82, 2.24) is 14.5 Å². The minimum Gasteiger partial charge on any atom is -0.460 e. The van der Waals surface area contributed by atoms with Gasteiger partial charge < -0.3 is 9.72 Å². The molecule has 0 aliphatic heterocycles. The number of benzene rings is 1. The van der Waals surface area contributed by atoms with E-state index < -0.39 is 5.41 Å². The lowest BCUT2D eigenvalue weighted by atomic mass is 9.97. The third-order valence-corrected chi connectivity index (χ3v) is 4.16. The highest BCUT2D eigenvalue weighted by Crippen LogP contribution is 2.21. The van der Waals surface area contributed by atoms with Gasteiger partial charge in [0.1, 0.15) is 24.4 Å². The molecule has 1 N–H and O–H groups in total. The summed E-state index contributed by atoms with van der Waals surface area (Å²) in [7, 11) is 0. The molecule has 28 heavy (non-hydrogen) atoms. The topological polar surface area (TPSA) is 77.0 Å². The van der Waals surface area contributed by atoms with Crippen molar-refractivity contribution in [2.75, 3.05) is 0 Å². The van der Waals surface area contributed by atoms with Gasteiger partial charge in [-0.3, -0.25) is 9.59 Å². The normalized spacial score (nSPS) is 11.2. The fourth-order valence-corrected chi connectivity index (χ4v) is 2.53. The van der Waals surface area contributed by atoms with Gasteiger partial charge in [0.25, 0.3) is 5.56 Å². The van der Waals surface area contributed by atoms with Crippen LogP contribution in [0.15, 0.2) is 35.4 Å². The second kappa shape index (κ2) is 7.31. The molecule has 7 heteroatoms. The maximum absolute atomic E-state index is 13.0. The Morgan fingerprint density at radius 2 is 1.96 bits per heavy atom. The van der Waals surface area contributed by atoms with Gasteiger partial charge in [-0.2, -0.15) is 0 Å². The Morgan fingerprint density at radius 3 is 2.61 bits per heavy atom. The van der Waals surface area contributed by atoms with Gasteiger partial charge in [-0.15, -0.1) is 0 Å².